The molecule has 2 N–H and O–H groups in total. The van der Waals surface area contributed by atoms with Crippen molar-refractivity contribution in [2.24, 2.45) is 0 Å². The Labute approximate surface area is 144 Å². The number of para-hydroxylation sites is 1. The van der Waals surface area contributed by atoms with Crippen LogP contribution >= 0.6 is 0 Å². The fraction of sp³-hybridized carbons (Fsp3) is 0.278. The third-order valence-corrected chi connectivity index (χ3v) is 3.41. The number of urea groups is 1. The summed E-state index contributed by atoms with van der Waals surface area (Å²) in [5.41, 5.74) is 1.00. The molecule has 2 aromatic rings. The predicted molar refractivity (Wildman–Crippen MR) is 90.0 cm³/mol. The normalized spacial score (nSPS) is 10.2. The van der Waals surface area contributed by atoms with Crippen LogP contribution in [0.25, 0.3) is 0 Å². The zero-order chi connectivity index (χ0) is 18.1. The summed E-state index contributed by atoms with van der Waals surface area (Å²) >= 11 is 0. The Kier molecular flexibility index (Phi) is 7.00. The lowest BCUT2D eigenvalue weighted by atomic mass is 10.1. The number of carbonyl (C=O) groups excluding carboxylic acids is 1. The molecular weight excluding hydrogens is 330 g/mol. The molecule has 0 aliphatic heterocycles. The van der Waals surface area contributed by atoms with Crippen molar-refractivity contribution >= 4 is 6.03 Å². The highest BCUT2D eigenvalue weighted by molar-refractivity contribution is 5.73. The molecule has 0 atom stereocenters. The van der Waals surface area contributed by atoms with Crippen LogP contribution in [0, 0.1) is 11.6 Å². The molecule has 0 unspecified atom stereocenters. The van der Waals surface area contributed by atoms with E-state index in [9.17, 15) is 13.6 Å². The van der Waals surface area contributed by atoms with Gasteiger partial charge in [0.15, 0.2) is 11.6 Å². The summed E-state index contributed by atoms with van der Waals surface area (Å²) in [6, 6.07) is 10.3. The third kappa shape index (κ3) is 5.95. The van der Waals surface area contributed by atoms with E-state index >= 15 is 0 Å². The molecule has 25 heavy (non-hydrogen) atoms. The number of rotatable bonds is 8. The van der Waals surface area contributed by atoms with E-state index in [0.29, 0.717) is 13.0 Å². The molecule has 0 aromatic heterocycles. The number of nitrogens with one attached hydrogen (secondary N) is 2. The van der Waals surface area contributed by atoms with Gasteiger partial charge >= 0.3 is 6.03 Å². The number of hydrogen-bond donors (Lipinski definition) is 2. The Hall–Kier alpha value is -2.83. The monoisotopic (exact) mass is 350 g/mol. The largest absolute Gasteiger partial charge is 0.496 e. The summed E-state index contributed by atoms with van der Waals surface area (Å²) in [5, 5.41) is 5.31. The van der Waals surface area contributed by atoms with Gasteiger partial charge in [-0.1, -0.05) is 18.2 Å². The zero-order valence-electron chi connectivity index (χ0n) is 13.9. The van der Waals surface area contributed by atoms with Crippen LogP contribution in [0.3, 0.4) is 0 Å². The van der Waals surface area contributed by atoms with E-state index in [0.717, 1.165) is 23.4 Å². The van der Waals surface area contributed by atoms with E-state index in [4.69, 9.17) is 9.47 Å². The van der Waals surface area contributed by atoms with Crippen molar-refractivity contribution in [1.82, 2.24) is 10.6 Å². The fourth-order valence-electron chi connectivity index (χ4n) is 2.20. The van der Waals surface area contributed by atoms with E-state index in [1.807, 2.05) is 24.3 Å². The summed E-state index contributed by atoms with van der Waals surface area (Å²) in [6.07, 6.45) is 0.634. The van der Waals surface area contributed by atoms with Crippen LogP contribution in [-0.2, 0) is 6.42 Å². The van der Waals surface area contributed by atoms with Crippen molar-refractivity contribution in [2.45, 2.75) is 6.42 Å². The van der Waals surface area contributed by atoms with Crippen LogP contribution < -0.4 is 20.1 Å². The molecular formula is C18H20F2N2O3. The molecule has 134 valence electrons. The van der Waals surface area contributed by atoms with Crippen molar-refractivity contribution in [1.29, 1.82) is 0 Å². The second-order valence-electron chi connectivity index (χ2n) is 5.17. The molecule has 0 aliphatic rings. The second-order valence-corrected chi connectivity index (χ2v) is 5.17. The van der Waals surface area contributed by atoms with Gasteiger partial charge in [-0.3, -0.25) is 0 Å². The Bertz CT molecular complexity index is 710. The van der Waals surface area contributed by atoms with Crippen molar-refractivity contribution in [3.05, 3.63) is 59.7 Å². The van der Waals surface area contributed by atoms with Crippen LogP contribution in [0.15, 0.2) is 42.5 Å². The van der Waals surface area contributed by atoms with Crippen molar-refractivity contribution < 1.29 is 23.0 Å². The number of hydrogen-bond acceptors (Lipinski definition) is 3. The molecule has 0 saturated carbocycles. The highest BCUT2D eigenvalue weighted by atomic mass is 19.1. The molecule has 2 aromatic carbocycles. The van der Waals surface area contributed by atoms with Gasteiger partial charge in [0.05, 0.1) is 13.7 Å². The van der Waals surface area contributed by atoms with Gasteiger partial charge in [-0.2, -0.15) is 0 Å². The molecule has 5 nitrogen and oxygen atoms in total. The number of benzene rings is 2. The Morgan fingerprint density at radius 3 is 2.56 bits per heavy atom. The lowest BCUT2D eigenvalue weighted by molar-refractivity contribution is 0.236. The smallest absolute Gasteiger partial charge is 0.314 e. The molecule has 7 heteroatoms. The Morgan fingerprint density at radius 1 is 1.04 bits per heavy atom. The summed E-state index contributed by atoms with van der Waals surface area (Å²) in [6.45, 7) is 0.708. The summed E-state index contributed by atoms with van der Waals surface area (Å²) in [5.74, 6) is -0.724. The maximum atomic E-state index is 13.4. The van der Waals surface area contributed by atoms with Gasteiger partial charge < -0.3 is 20.1 Å². The molecule has 0 fully saturated rings. The molecule has 0 aliphatic carbocycles. The number of carbonyl (C=O) groups is 1. The van der Waals surface area contributed by atoms with Crippen LogP contribution in [0.5, 0.6) is 11.5 Å². The molecule has 0 heterocycles. The summed E-state index contributed by atoms with van der Waals surface area (Å²) < 4.78 is 36.5. The average Bonchev–Trinajstić information content (AvgIpc) is 2.60. The van der Waals surface area contributed by atoms with E-state index in [-0.39, 0.29) is 24.9 Å². The van der Waals surface area contributed by atoms with E-state index in [1.165, 1.54) is 6.07 Å². The molecule has 0 saturated heterocycles. The highest BCUT2D eigenvalue weighted by Gasteiger charge is 2.06. The lowest BCUT2D eigenvalue weighted by Crippen LogP contribution is -2.38. The quantitative estimate of drug-likeness (QED) is 0.720. The van der Waals surface area contributed by atoms with Crippen LogP contribution in [0.2, 0.25) is 0 Å². The van der Waals surface area contributed by atoms with Gasteiger partial charge in [0, 0.05) is 12.6 Å². The van der Waals surface area contributed by atoms with Crippen LogP contribution in [-0.4, -0.2) is 32.8 Å². The van der Waals surface area contributed by atoms with Gasteiger partial charge in [-0.05, 0) is 30.2 Å². The first-order valence-electron chi connectivity index (χ1n) is 7.81. The minimum Gasteiger partial charge on any atom is -0.496 e. The predicted octanol–water partition coefficient (Wildman–Crippen LogP) is 2.89. The minimum absolute atomic E-state index is 0.0558. The number of methoxy groups -OCH3 is 1. The third-order valence-electron chi connectivity index (χ3n) is 3.41. The zero-order valence-corrected chi connectivity index (χ0v) is 13.9. The molecule has 2 rings (SSSR count). The Balaban J connectivity index is 1.64. The topological polar surface area (TPSA) is 59.6 Å². The standard InChI is InChI=1S/C18H20F2N2O3/c1-24-16-5-3-2-4-13(16)8-9-21-18(23)22-10-11-25-17-7-6-14(19)12-15(17)20/h2-7,12H,8-11H2,1H3,(H2,21,22,23). The molecule has 0 radical (unpaired) electrons. The van der Waals surface area contributed by atoms with Crippen molar-refractivity contribution in [3.8, 4) is 11.5 Å². The first-order chi connectivity index (χ1) is 12.1. The summed E-state index contributed by atoms with van der Waals surface area (Å²) in [4.78, 5) is 11.7. The van der Waals surface area contributed by atoms with Crippen LogP contribution in [0.4, 0.5) is 13.6 Å². The van der Waals surface area contributed by atoms with Crippen molar-refractivity contribution in [2.75, 3.05) is 26.8 Å². The average molecular weight is 350 g/mol. The SMILES string of the molecule is COc1ccccc1CCNC(=O)NCCOc1ccc(F)cc1F. The van der Waals surface area contributed by atoms with E-state index < -0.39 is 11.6 Å². The molecule has 2 amide bonds. The van der Waals surface area contributed by atoms with Gasteiger partial charge in [-0.15, -0.1) is 0 Å². The maximum absolute atomic E-state index is 13.4. The summed E-state index contributed by atoms with van der Waals surface area (Å²) in [7, 11) is 1.60. The number of amides is 2. The minimum atomic E-state index is -0.777. The van der Waals surface area contributed by atoms with Crippen molar-refractivity contribution in [3.63, 3.8) is 0 Å². The Morgan fingerprint density at radius 2 is 1.80 bits per heavy atom. The second kappa shape index (κ2) is 9.46. The van der Waals surface area contributed by atoms with E-state index in [1.54, 1.807) is 7.11 Å². The number of ether oxygens (including phenoxy) is 2. The van der Waals surface area contributed by atoms with Gasteiger partial charge in [0.1, 0.15) is 18.2 Å². The van der Waals surface area contributed by atoms with E-state index in [2.05, 4.69) is 10.6 Å². The molecule has 0 bridgehead atoms. The van der Waals surface area contributed by atoms with Gasteiger partial charge in [0.2, 0.25) is 0 Å². The first kappa shape index (κ1) is 18.5. The van der Waals surface area contributed by atoms with Gasteiger partial charge in [0.25, 0.3) is 0 Å². The van der Waals surface area contributed by atoms with Gasteiger partial charge in [-0.25, -0.2) is 13.6 Å². The highest BCUT2D eigenvalue weighted by Crippen LogP contribution is 2.18. The number of halogens is 2. The fourth-order valence-corrected chi connectivity index (χ4v) is 2.20. The maximum Gasteiger partial charge on any atom is 0.314 e. The lowest BCUT2D eigenvalue weighted by Gasteiger charge is -2.11. The van der Waals surface area contributed by atoms with Crippen LogP contribution in [0.1, 0.15) is 5.56 Å². The molecule has 0 spiro atoms. The first-order valence-corrected chi connectivity index (χ1v) is 7.81.